The van der Waals surface area contributed by atoms with Gasteiger partial charge in [-0.2, -0.15) is 13.2 Å². The lowest BCUT2D eigenvalue weighted by Gasteiger charge is -2.40. The van der Waals surface area contributed by atoms with Crippen molar-refractivity contribution >= 4 is 11.5 Å². The van der Waals surface area contributed by atoms with E-state index in [1.54, 1.807) is 16.8 Å². The van der Waals surface area contributed by atoms with Crippen molar-refractivity contribution in [3.8, 4) is 17.1 Å². The molecule has 33 heavy (non-hydrogen) atoms. The number of anilines is 1. The minimum absolute atomic E-state index is 0.147. The molecule has 0 aliphatic carbocycles. The number of imidazole rings is 1. The number of benzene rings is 1. The summed E-state index contributed by atoms with van der Waals surface area (Å²) in [5.41, 5.74) is -0.279. The van der Waals surface area contributed by atoms with Crippen LogP contribution >= 0.6 is 0 Å². The minimum Gasteiger partial charge on any atom is -0.507 e. The largest absolute Gasteiger partial charge is 0.507 e. The van der Waals surface area contributed by atoms with Crippen molar-refractivity contribution in [2.24, 2.45) is 0 Å². The molecule has 176 valence electrons. The summed E-state index contributed by atoms with van der Waals surface area (Å²) < 4.78 is 46.0. The molecule has 8 nitrogen and oxygen atoms in total. The minimum atomic E-state index is -4.54. The standard InChI is InChI=1S/C22H25F3N6O2/c23-22(24,25)14-3-4-17(18(32)12-14)20-29-28-19(21-26-7-9-31(20)21)27-15-2-1-8-30(13-15)16-5-10-33-11-6-16/h3-4,7,9,12,15-16,32H,1-2,5-6,8,10-11,13H2,(H,27,28)/t15-/m1/s1. The summed E-state index contributed by atoms with van der Waals surface area (Å²) in [6.07, 6.45) is 2.84. The summed E-state index contributed by atoms with van der Waals surface area (Å²) >= 11 is 0. The summed E-state index contributed by atoms with van der Waals surface area (Å²) in [4.78, 5) is 6.88. The van der Waals surface area contributed by atoms with E-state index in [0.717, 1.165) is 58.1 Å². The Labute approximate surface area is 188 Å². The number of fused-ring (bicyclic) bond motifs is 1. The van der Waals surface area contributed by atoms with Gasteiger partial charge in [-0.25, -0.2) is 4.98 Å². The van der Waals surface area contributed by atoms with Crippen molar-refractivity contribution in [1.82, 2.24) is 24.5 Å². The molecule has 1 aromatic carbocycles. The number of phenols is 1. The molecule has 2 aromatic heterocycles. The van der Waals surface area contributed by atoms with Gasteiger partial charge in [0.05, 0.1) is 11.1 Å². The van der Waals surface area contributed by atoms with E-state index in [0.29, 0.717) is 23.6 Å². The zero-order chi connectivity index (χ0) is 23.0. The van der Waals surface area contributed by atoms with Crippen LogP contribution in [0.4, 0.5) is 19.0 Å². The lowest BCUT2D eigenvalue weighted by Crippen LogP contribution is -2.49. The molecule has 3 aromatic rings. The smallest absolute Gasteiger partial charge is 0.416 e. The second-order valence-corrected chi connectivity index (χ2v) is 8.54. The van der Waals surface area contributed by atoms with Gasteiger partial charge in [-0.15, -0.1) is 10.2 Å². The molecule has 11 heteroatoms. The predicted octanol–water partition coefficient (Wildman–Crippen LogP) is 3.57. The first-order valence-electron chi connectivity index (χ1n) is 11.1. The van der Waals surface area contributed by atoms with Crippen LogP contribution in [0.1, 0.15) is 31.2 Å². The molecule has 2 aliphatic heterocycles. The molecule has 4 heterocycles. The van der Waals surface area contributed by atoms with Gasteiger partial charge in [0.25, 0.3) is 0 Å². The van der Waals surface area contributed by atoms with E-state index in [1.165, 1.54) is 6.07 Å². The highest BCUT2D eigenvalue weighted by atomic mass is 19.4. The van der Waals surface area contributed by atoms with Gasteiger partial charge in [0.15, 0.2) is 17.3 Å². The summed E-state index contributed by atoms with van der Waals surface area (Å²) in [6.45, 7) is 3.56. The van der Waals surface area contributed by atoms with Crippen LogP contribution < -0.4 is 5.32 Å². The van der Waals surface area contributed by atoms with E-state index in [4.69, 9.17) is 4.74 Å². The van der Waals surface area contributed by atoms with Crippen LogP contribution in [0.5, 0.6) is 5.75 Å². The highest BCUT2D eigenvalue weighted by molar-refractivity contribution is 5.71. The van der Waals surface area contributed by atoms with Gasteiger partial charge in [-0.05, 0) is 50.4 Å². The van der Waals surface area contributed by atoms with E-state index in [-0.39, 0.29) is 17.4 Å². The first-order chi connectivity index (χ1) is 15.9. The van der Waals surface area contributed by atoms with Gasteiger partial charge in [-0.1, -0.05) is 0 Å². The molecule has 1 atom stereocenters. The third kappa shape index (κ3) is 4.47. The Morgan fingerprint density at radius 1 is 1.12 bits per heavy atom. The zero-order valence-electron chi connectivity index (χ0n) is 17.9. The van der Waals surface area contributed by atoms with Gasteiger partial charge in [0.1, 0.15) is 5.75 Å². The van der Waals surface area contributed by atoms with Crippen molar-refractivity contribution in [3.05, 3.63) is 36.2 Å². The lowest BCUT2D eigenvalue weighted by molar-refractivity contribution is -0.137. The second-order valence-electron chi connectivity index (χ2n) is 8.54. The summed E-state index contributed by atoms with van der Waals surface area (Å²) in [5.74, 6) is 0.204. The maximum absolute atomic E-state index is 13.0. The number of rotatable bonds is 4. The Bertz CT molecular complexity index is 1130. The van der Waals surface area contributed by atoms with E-state index >= 15 is 0 Å². The normalized spacial score (nSPS) is 20.9. The first kappa shape index (κ1) is 21.9. The highest BCUT2D eigenvalue weighted by Gasteiger charge is 2.32. The quantitative estimate of drug-likeness (QED) is 0.613. The zero-order valence-corrected chi connectivity index (χ0v) is 17.9. The van der Waals surface area contributed by atoms with Crippen LogP contribution in [-0.4, -0.2) is 68.0 Å². The fraction of sp³-hybridized carbons (Fsp3) is 0.500. The molecular formula is C22H25F3N6O2. The third-order valence-corrected chi connectivity index (χ3v) is 6.39. The van der Waals surface area contributed by atoms with Crippen molar-refractivity contribution in [3.63, 3.8) is 0 Å². The van der Waals surface area contributed by atoms with Crippen molar-refractivity contribution < 1.29 is 23.0 Å². The number of phenolic OH excluding ortho intramolecular Hbond substituents is 1. The van der Waals surface area contributed by atoms with Crippen LogP contribution in [0, 0.1) is 0 Å². The number of nitrogens with zero attached hydrogens (tertiary/aromatic N) is 5. The molecule has 2 N–H and O–H groups in total. The van der Waals surface area contributed by atoms with Crippen LogP contribution in [-0.2, 0) is 10.9 Å². The van der Waals surface area contributed by atoms with E-state index < -0.39 is 17.5 Å². The van der Waals surface area contributed by atoms with Gasteiger partial charge < -0.3 is 15.2 Å². The number of hydrogen-bond acceptors (Lipinski definition) is 7. The average Bonchev–Trinajstić information content (AvgIpc) is 3.30. The number of likely N-dealkylation sites (tertiary alicyclic amines) is 1. The highest BCUT2D eigenvalue weighted by Crippen LogP contribution is 2.36. The monoisotopic (exact) mass is 462 g/mol. The number of halogens is 3. The molecule has 2 saturated heterocycles. The molecule has 0 bridgehead atoms. The van der Waals surface area contributed by atoms with E-state index in [2.05, 4.69) is 25.4 Å². The van der Waals surface area contributed by atoms with Crippen LogP contribution in [0.2, 0.25) is 0 Å². The molecule has 5 rings (SSSR count). The van der Waals surface area contributed by atoms with Crippen LogP contribution in [0.3, 0.4) is 0 Å². The lowest BCUT2D eigenvalue weighted by atomic mass is 10.00. The van der Waals surface area contributed by atoms with Crippen molar-refractivity contribution in [2.75, 3.05) is 31.6 Å². The number of aromatic nitrogens is 4. The fourth-order valence-corrected chi connectivity index (χ4v) is 4.71. The van der Waals surface area contributed by atoms with Gasteiger partial charge in [0, 0.05) is 44.2 Å². The Morgan fingerprint density at radius 2 is 1.94 bits per heavy atom. The van der Waals surface area contributed by atoms with Gasteiger partial charge in [0.2, 0.25) is 0 Å². The topological polar surface area (TPSA) is 87.8 Å². The molecule has 0 saturated carbocycles. The Morgan fingerprint density at radius 3 is 2.70 bits per heavy atom. The summed E-state index contributed by atoms with van der Waals surface area (Å²) in [5, 5.41) is 22.2. The maximum atomic E-state index is 13.0. The number of aromatic hydroxyl groups is 1. The number of hydrogen-bond donors (Lipinski definition) is 2. The molecule has 0 radical (unpaired) electrons. The van der Waals surface area contributed by atoms with Crippen molar-refractivity contribution in [2.45, 2.75) is 43.9 Å². The van der Waals surface area contributed by atoms with E-state index in [1.807, 2.05) is 0 Å². The Balaban J connectivity index is 1.38. The van der Waals surface area contributed by atoms with E-state index in [9.17, 15) is 18.3 Å². The predicted molar refractivity (Wildman–Crippen MR) is 115 cm³/mol. The third-order valence-electron chi connectivity index (χ3n) is 6.39. The second kappa shape index (κ2) is 8.79. The van der Waals surface area contributed by atoms with Gasteiger partial charge >= 0.3 is 6.18 Å². The Kier molecular flexibility index (Phi) is 5.83. The number of nitrogens with one attached hydrogen (secondary N) is 1. The average molecular weight is 462 g/mol. The van der Waals surface area contributed by atoms with Crippen molar-refractivity contribution in [1.29, 1.82) is 0 Å². The molecule has 0 spiro atoms. The fourth-order valence-electron chi connectivity index (χ4n) is 4.71. The molecule has 2 aliphatic rings. The van der Waals surface area contributed by atoms with Crippen LogP contribution in [0.15, 0.2) is 30.6 Å². The Hall–Kier alpha value is -2.92. The SMILES string of the molecule is Oc1cc(C(F)(F)F)ccc1-c1nnc(N[C@@H]2CCCN(C3CCOCC3)C2)c2nccn12. The van der Waals surface area contributed by atoms with Gasteiger partial charge in [-0.3, -0.25) is 9.30 Å². The summed E-state index contributed by atoms with van der Waals surface area (Å²) in [6, 6.07) is 3.52. The number of piperidine rings is 1. The number of alkyl halides is 3. The molecular weight excluding hydrogens is 437 g/mol. The molecule has 0 unspecified atom stereocenters. The maximum Gasteiger partial charge on any atom is 0.416 e. The molecule has 2 fully saturated rings. The molecule has 0 amide bonds. The summed E-state index contributed by atoms with van der Waals surface area (Å²) in [7, 11) is 0. The van der Waals surface area contributed by atoms with Crippen LogP contribution in [0.25, 0.3) is 17.0 Å². The first-order valence-corrected chi connectivity index (χ1v) is 11.1. The number of ether oxygens (including phenoxy) is 1.